The molecular weight excluding hydrogens is 308 g/mol. The molecule has 2 nitrogen and oxygen atoms in total. The molecule has 128 valence electrons. The van der Waals surface area contributed by atoms with Gasteiger partial charge in [0.15, 0.2) is 0 Å². The van der Waals surface area contributed by atoms with Crippen LogP contribution in [0.2, 0.25) is 12.6 Å². The molecule has 0 N–H and O–H groups in total. The van der Waals surface area contributed by atoms with E-state index in [4.69, 9.17) is 0 Å². The van der Waals surface area contributed by atoms with Crippen LogP contribution in [0.3, 0.4) is 0 Å². The molecule has 3 rings (SSSR count). The summed E-state index contributed by atoms with van der Waals surface area (Å²) in [6.45, 7) is 8.67. The average Bonchev–Trinajstić information content (AvgIpc) is 2.65. The van der Waals surface area contributed by atoms with Crippen LogP contribution in [0.5, 0.6) is 0 Å². The molecule has 1 saturated heterocycles. The van der Waals surface area contributed by atoms with Crippen LogP contribution in [-0.2, 0) is 0 Å². The summed E-state index contributed by atoms with van der Waals surface area (Å²) in [6.07, 6.45) is 1.30. The van der Waals surface area contributed by atoms with Crippen molar-refractivity contribution in [3.05, 3.63) is 60.7 Å². The topological polar surface area (TPSA) is 6.48 Å². The van der Waals surface area contributed by atoms with E-state index in [0.29, 0.717) is 0 Å². The molecule has 3 heteroatoms. The fraction of sp³-hybridized carbons (Fsp3) is 0.429. The normalized spacial score (nSPS) is 17.1. The molecule has 0 amide bonds. The number of rotatable bonds is 6. The van der Waals surface area contributed by atoms with Gasteiger partial charge in [0.2, 0.25) is 0 Å². The van der Waals surface area contributed by atoms with Crippen molar-refractivity contribution in [3.63, 3.8) is 0 Å². The fourth-order valence-corrected chi connectivity index (χ4v) is 7.43. The Morgan fingerprint density at radius 3 is 1.79 bits per heavy atom. The van der Waals surface area contributed by atoms with Crippen molar-refractivity contribution < 1.29 is 0 Å². The van der Waals surface area contributed by atoms with Crippen LogP contribution in [0.4, 0.5) is 0 Å². The van der Waals surface area contributed by atoms with Gasteiger partial charge in [-0.3, -0.25) is 0 Å². The predicted octanol–water partition coefficient (Wildman–Crippen LogP) is 2.52. The van der Waals surface area contributed by atoms with Crippen LogP contribution in [0.1, 0.15) is 6.42 Å². The zero-order chi connectivity index (χ0) is 16.8. The average molecular weight is 339 g/mol. The minimum atomic E-state index is -1.64. The number of hydrogen-bond donors (Lipinski definition) is 0. The Balaban J connectivity index is 1.69. The van der Waals surface area contributed by atoms with Crippen molar-refractivity contribution in [2.24, 2.45) is 0 Å². The Kier molecular flexibility index (Phi) is 5.88. The first-order valence-electron chi connectivity index (χ1n) is 9.20. The van der Waals surface area contributed by atoms with Gasteiger partial charge < -0.3 is 9.80 Å². The van der Waals surface area contributed by atoms with Crippen LogP contribution in [0.15, 0.2) is 60.7 Å². The van der Waals surface area contributed by atoms with E-state index in [1.54, 1.807) is 10.4 Å². The molecule has 1 fully saturated rings. The maximum Gasteiger partial charge on any atom is 0.115 e. The number of piperazine rings is 1. The maximum absolute atomic E-state index is 2.64. The first kappa shape index (κ1) is 17.4. The lowest BCUT2D eigenvalue weighted by Crippen LogP contribution is -2.55. The lowest BCUT2D eigenvalue weighted by atomic mass is 10.3. The van der Waals surface area contributed by atoms with Gasteiger partial charge in [-0.05, 0) is 26.1 Å². The van der Waals surface area contributed by atoms with Crippen molar-refractivity contribution in [1.29, 1.82) is 0 Å². The smallest absolute Gasteiger partial charge is 0.115 e. The summed E-state index contributed by atoms with van der Waals surface area (Å²) < 4.78 is 0. The van der Waals surface area contributed by atoms with E-state index < -0.39 is 8.07 Å². The SMILES string of the molecule is CN1CCN(CCC[Si](C)(c2ccccc2)c2ccccc2)CC1. The highest BCUT2D eigenvalue weighted by atomic mass is 28.3. The molecule has 24 heavy (non-hydrogen) atoms. The third kappa shape index (κ3) is 4.15. The molecule has 0 atom stereocenters. The highest BCUT2D eigenvalue weighted by Crippen LogP contribution is 2.15. The molecule has 0 spiro atoms. The predicted molar refractivity (Wildman–Crippen MR) is 107 cm³/mol. The lowest BCUT2D eigenvalue weighted by molar-refractivity contribution is 0.154. The Hall–Kier alpha value is -1.42. The van der Waals surface area contributed by atoms with E-state index in [1.807, 2.05) is 0 Å². The van der Waals surface area contributed by atoms with Gasteiger partial charge in [-0.2, -0.15) is 0 Å². The second-order valence-corrected chi connectivity index (χ2v) is 11.6. The largest absolute Gasteiger partial charge is 0.304 e. The van der Waals surface area contributed by atoms with E-state index in [2.05, 4.69) is 84.1 Å². The molecule has 1 aliphatic heterocycles. The highest BCUT2D eigenvalue weighted by molar-refractivity contribution is 7.01. The molecule has 0 bridgehead atoms. The molecular formula is C21H30N2Si. The summed E-state index contributed by atoms with van der Waals surface area (Å²) >= 11 is 0. The zero-order valence-electron chi connectivity index (χ0n) is 15.1. The van der Waals surface area contributed by atoms with Gasteiger partial charge in [-0.1, -0.05) is 77.6 Å². The molecule has 1 aliphatic rings. The van der Waals surface area contributed by atoms with E-state index in [1.165, 1.54) is 45.2 Å². The van der Waals surface area contributed by atoms with Crippen LogP contribution in [0.25, 0.3) is 0 Å². The molecule has 0 aliphatic carbocycles. The summed E-state index contributed by atoms with van der Waals surface area (Å²) in [5, 5.41) is 3.13. The first-order valence-corrected chi connectivity index (χ1v) is 11.9. The summed E-state index contributed by atoms with van der Waals surface area (Å²) in [5.41, 5.74) is 0. The summed E-state index contributed by atoms with van der Waals surface area (Å²) in [4.78, 5) is 5.08. The fourth-order valence-electron chi connectivity index (χ4n) is 3.80. The zero-order valence-corrected chi connectivity index (χ0v) is 16.1. The Morgan fingerprint density at radius 1 is 0.792 bits per heavy atom. The van der Waals surface area contributed by atoms with Gasteiger partial charge in [0.1, 0.15) is 8.07 Å². The molecule has 0 saturated carbocycles. The third-order valence-electron chi connectivity index (χ3n) is 5.57. The van der Waals surface area contributed by atoms with Crippen LogP contribution >= 0.6 is 0 Å². The van der Waals surface area contributed by atoms with Crippen molar-refractivity contribution in [3.8, 4) is 0 Å². The lowest BCUT2D eigenvalue weighted by Gasteiger charge is -2.34. The number of nitrogens with zero attached hydrogens (tertiary/aromatic N) is 2. The Morgan fingerprint density at radius 2 is 1.29 bits per heavy atom. The third-order valence-corrected chi connectivity index (χ3v) is 10.1. The van der Waals surface area contributed by atoms with Gasteiger partial charge in [0, 0.05) is 26.2 Å². The summed E-state index contributed by atoms with van der Waals surface area (Å²) in [7, 11) is 0.592. The first-order chi connectivity index (χ1) is 11.7. The molecule has 0 radical (unpaired) electrons. The standard InChI is InChI=1S/C21H30N2Si/c1-22-15-17-23(18-16-22)14-9-19-24(2,20-10-5-3-6-11-20)21-12-7-4-8-13-21/h3-8,10-13H,9,14-19H2,1-2H3. The molecule has 0 aromatic heterocycles. The van der Waals surface area contributed by atoms with Crippen molar-refractivity contribution in [1.82, 2.24) is 9.80 Å². The minimum absolute atomic E-state index is 1.21. The van der Waals surface area contributed by atoms with E-state index in [0.717, 1.165) is 0 Å². The number of hydrogen-bond acceptors (Lipinski definition) is 2. The van der Waals surface area contributed by atoms with Crippen molar-refractivity contribution >= 4 is 18.4 Å². The maximum atomic E-state index is 2.64. The molecule has 1 heterocycles. The molecule has 2 aromatic carbocycles. The van der Waals surface area contributed by atoms with Gasteiger partial charge in [0.05, 0.1) is 0 Å². The molecule has 2 aromatic rings. The summed E-state index contributed by atoms with van der Waals surface area (Å²) in [5.74, 6) is 0. The van der Waals surface area contributed by atoms with Crippen LogP contribution in [-0.4, -0.2) is 57.6 Å². The van der Waals surface area contributed by atoms with Crippen molar-refractivity contribution in [2.45, 2.75) is 19.0 Å². The van der Waals surface area contributed by atoms with Gasteiger partial charge in [-0.15, -0.1) is 0 Å². The highest BCUT2D eigenvalue weighted by Gasteiger charge is 2.31. The second-order valence-electron chi connectivity index (χ2n) is 7.31. The Bertz CT molecular complexity index is 567. The van der Waals surface area contributed by atoms with E-state index in [-0.39, 0.29) is 0 Å². The van der Waals surface area contributed by atoms with Gasteiger partial charge in [-0.25, -0.2) is 0 Å². The number of benzene rings is 2. The Labute approximate surface area is 148 Å². The quantitative estimate of drug-likeness (QED) is 0.747. The number of likely N-dealkylation sites (N-methyl/N-ethyl adjacent to an activating group) is 1. The molecule has 0 unspecified atom stereocenters. The summed E-state index contributed by atoms with van der Waals surface area (Å²) in [6, 6.07) is 23.8. The monoisotopic (exact) mass is 338 g/mol. The van der Waals surface area contributed by atoms with E-state index in [9.17, 15) is 0 Å². The minimum Gasteiger partial charge on any atom is -0.304 e. The van der Waals surface area contributed by atoms with Gasteiger partial charge >= 0.3 is 0 Å². The van der Waals surface area contributed by atoms with Gasteiger partial charge in [0.25, 0.3) is 0 Å². The second kappa shape index (κ2) is 8.10. The van der Waals surface area contributed by atoms with Crippen LogP contribution in [0, 0.1) is 0 Å². The van der Waals surface area contributed by atoms with Crippen molar-refractivity contribution in [2.75, 3.05) is 39.8 Å². The van der Waals surface area contributed by atoms with Crippen LogP contribution < -0.4 is 10.4 Å². The van der Waals surface area contributed by atoms with E-state index >= 15 is 0 Å².